The standard InChI is InChI=1S/C22H27N/c1-10-12(3)16(7)20-18(14(10)5)19-15(6)11(2)13(4)17(8)21(19)22(20)23-9/h1-9H3. The van der Waals surface area contributed by atoms with E-state index in [0.717, 1.165) is 0 Å². The Balaban J connectivity index is 2.63. The first kappa shape index (κ1) is 16.0. The molecule has 3 rings (SSSR count). The molecule has 0 atom stereocenters. The molecule has 23 heavy (non-hydrogen) atoms. The minimum atomic E-state index is 1.18. The molecule has 0 amide bonds. The van der Waals surface area contributed by atoms with Crippen LogP contribution in [0.4, 0.5) is 0 Å². The third-order valence-corrected chi connectivity index (χ3v) is 6.32. The van der Waals surface area contributed by atoms with Gasteiger partial charge in [-0.3, -0.25) is 4.99 Å². The van der Waals surface area contributed by atoms with Crippen LogP contribution in [0.15, 0.2) is 4.99 Å². The third-order valence-electron chi connectivity index (χ3n) is 6.32. The van der Waals surface area contributed by atoms with Gasteiger partial charge in [0.05, 0.1) is 5.71 Å². The van der Waals surface area contributed by atoms with Crippen molar-refractivity contribution >= 4 is 5.71 Å². The Morgan fingerprint density at radius 2 is 0.652 bits per heavy atom. The van der Waals surface area contributed by atoms with Crippen molar-refractivity contribution in [2.24, 2.45) is 4.99 Å². The zero-order chi connectivity index (χ0) is 17.2. The largest absolute Gasteiger partial charge is 0.287 e. The maximum Gasteiger partial charge on any atom is 0.0733 e. The van der Waals surface area contributed by atoms with E-state index in [2.05, 4.69) is 55.4 Å². The second kappa shape index (κ2) is 5.06. The molecule has 0 N–H and O–H groups in total. The highest BCUT2D eigenvalue weighted by Crippen LogP contribution is 2.47. The van der Waals surface area contributed by atoms with Crippen molar-refractivity contribution in [3.63, 3.8) is 0 Å². The molecule has 0 saturated carbocycles. The van der Waals surface area contributed by atoms with E-state index in [0.29, 0.717) is 0 Å². The molecular formula is C22H27N. The number of nitrogens with zero attached hydrogens (tertiary/aromatic N) is 1. The van der Waals surface area contributed by atoms with E-state index in [4.69, 9.17) is 4.99 Å². The first-order valence-corrected chi connectivity index (χ1v) is 8.42. The van der Waals surface area contributed by atoms with Crippen molar-refractivity contribution in [3.05, 3.63) is 55.6 Å². The highest BCUT2D eigenvalue weighted by atomic mass is 14.7. The maximum absolute atomic E-state index is 4.73. The van der Waals surface area contributed by atoms with E-state index in [9.17, 15) is 0 Å². The molecule has 0 fully saturated rings. The molecule has 1 nitrogen and oxygen atoms in total. The van der Waals surface area contributed by atoms with Crippen molar-refractivity contribution < 1.29 is 0 Å². The Hall–Kier alpha value is -1.89. The molecule has 1 aliphatic carbocycles. The van der Waals surface area contributed by atoms with Gasteiger partial charge in [0.1, 0.15) is 0 Å². The second-order valence-corrected chi connectivity index (χ2v) is 7.07. The van der Waals surface area contributed by atoms with Crippen LogP contribution in [-0.4, -0.2) is 12.8 Å². The lowest BCUT2D eigenvalue weighted by atomic mass is 9.86. The molecule has 2 aromatic carbocycles. The molecule has 2 aromatic rings. The molecular weight excluding hydrogens is 278 g/mol. The van der Waals surface area contributed by atoms with Gasteiger partial charge in [0.2, 0.25) is 0 Å². The van der Waals surface area contributed by atoms with Crippen molar-refractivity contribution in [2.45, 2.75) is 55.4 Å². The number of hydrogen-bond donors (Lipinski definition) is 0. The minimum absolute atomic E-state index is 1.18. The van der Waals surface area contributed by atoms with E-state index in [1.54, 1.807) is 0 Å². The fourth-order valence-corrected chi connectivity index (χ4v) is 4.19. The highest BCUT2D eigenvalue weighted by molar-refractivity contribution is 6.27. The Kier molecular flexibility index (Phi) is 3.51. The first-order valence-electron chi connectivity index (χ1n) is 8.42. The number of benzene rings is 2. The van der Waals surface area contributed by atoms with Crippen LogP contribution >= 0.6 is 0 Å². The van der Waals surface area contributed by atoms with Gasteiger partial charge in [0.15, 0.2) is 0 Å². The smallest absolute Gasteiger partial charge is 0.0733 e. The van der Waals surface area contributed by atoms with Crippen molar-refractivity contribution in [1.82, 2.24) is 0 Å². The number of fused-ring (bicyclic) bond motifs is 3. The topological polar surface area (TPSA) is 12.4 Å². The molecule has 0 heterocycles. The van der Waals surface area contributed by atoms with Gasteiger partial charge in [-0.2, -0.15) is 0 Å². The lowest BCUT2D eigenvalue weighted by Crippen LogP contribution is -2.06. The van der Waals surface area contributed by atoms with Crippen molar-refractivity contribution in [2.75, 3.05) is 7.05 Å². The third kappa shape index (κ3) is 1.83. The SMILES string of the molecule is CN=C1c2c(C)c(C)c(C)c(C)c2-c2c(C)c(C)c(C)c(C)c21. The molecule has 0 unspecified atom stereocenters. The van der Waals surface area contributed by atoms with E-state index < -0.39 is 0 Å². The Morgan fingerprint density at radius 1 is 0.391 bits per heavy atom. The van der Waals surface area contributed by atoms with E-state index in [1.807, 2.05) is 7.05 Å². The predicted molar refractivity (Wildman–Crippen MR) is 101 cm³/mol. The Bertz CT molecular complexity index is 824. The van der Waals surface area contributed by atoms with Gasteiger partial charge in [0.25, 0.3) is 0 Å². The summed E-state index contributed by atoms with van der Waals surface area (Å²) in [5, 5.41) is 0. The fraction of sp³-hybridized carbons (Fsp3) is 0.409. The molecule has 1 aliphatic rings. The monoisotopic (exact) mass is 305 g/mol. The van der Waals surface area contributed by atoms with Crippen molar-refractivity contribution in [3.8, 4) is 11.1 Å². The molecule has 1 heteroatoms. The van der Waals surface area contributed by atoms with Crippen molar-refractivity contribution in [1.29, 1.82) is 0 Å². The van der Waals surface area contributed by atoms with Gasteiger partial charge in [0, 0.05) is 18.2 Å². The van der Waals surface area contributed by atoms with Crippen LogP contribution in [-0.2, 0) is 0 Å². The van der Waals surface area contributed by atoms with E-state index in [1.165, 1.54) is 72.5 Å². The van der Waals surface area contributed by atoms with E-state index >= 15 is 0 Å². The normalized spacial score (nSPS) is 12.5. The summed E-state index contributed by atoms with van der Waals surface area (Å²) in [6.45, 7) is 18.0. The van der Waals surface area contributed by atoms with Gasteiger partial charge >= 0.3 is 0 Å². The summed E-state index contributed by atoms with van der Waals surface area (Å²) in [7, 11) is 1.93. The summed E-state index contributed by atoms with van der Waals surface area (Å²) in [6.07, 6.45) is 0. The first-order chi connectivity index (χ1) is 10.7. The van der Waals surface area contributed by atoms with Crippen LogP contribution in [0.5, 0.6) is 0 Å². The lowest BCUT2D eigenvalue weighted by Gasteiger charge is -2.18. The molecule has 0 aromatic heterocycles. The molecule has 0 bridgehead atoms. The van der Waals surface area contributed by atoms with Gasteiger partial charge in [-0.15, -0.1) is 0 Å². The predicted octanol–water partition coefficient (Wildman–Crippen LogP) is 5.60. The molecule has 120 valence electrons. The van der Waals surface area contributed by atoms with Crippen LogP contribution in [0.25, 0.3) is 11.1 Å². The summed E-state index contributed by atoms with van der Waals surface area (Å²) in [6, 6.07) is 0. The summed E-state index contributed by atoms with van der Waals surface area (Å²) in [5.74, 6) is 0. The summed E-state index contributed by atoms with van der Waals surface area (Å²) < 4.78 is 0. The second-order valence-electron chi connectivity index (χ2n) is 7.07. The van der Waals surface area contributed by atoms with E-state index in [-0.39, 0.29) is 0 Å². The number of aliphatic imine (C=N–C) groups is 1. The minimum Gasteiger partial charge on any atom is -0.287 e. The Labute approximate surface area is 140 Å². The number of hydrogen-bond acceptors (Lipinski definition) is 1. The van der Waals surface area contributed by atoms with Crippen LogP contribution in [0.3, 0.4) is 0 Å². The van der Waals surface area contributed by atoms with Gasteiger partial charge < -0.3 is 0 Å². The molecule has 0 radical (unpaired) electrons. The zero-order valence-corrected chi connectivity index (χ0v) is 15.9. The van der Waals surface area contributed by atoms with Crippen LogP contribution in [0, 0.1) is 55.4 Å². The maximum atomic E-state index is 4.73. The van der Waals surface area contributed by atoms with Crippen LogP contribution in [0.1, 0.15) is 55.6 Å². The lowest BCUT2D eigenvalue weighted by molar-refractivity contribution is 1.20. The fourth-order valence-electron chi connectivity index (χ4n) is 4.19. The Morgan fingerprint density at radius 3 is 0.913 bits per heavy atom. The van der Waals surface area contributed by atoms with Gasteiger partial charge in [-0.05, 0) is 111 Å². The zero-order valence-electron chi connectivity index (χ0n) is 15.9. The average molecular weight is 305 g/mol. The quantitative estimate of drug-likeness (QED) is 0.512. The average Bonchev–Trinajstić information content (AvgIpc) is 2.89. The highest BCUT2D eigenvalue weighted by Gasteiger charge is 2.33. The summed E-state index contributed by atoms with van der Waals surface area (Å²) >= 11 is 0. The van der Waals surface area contributed by atoms with Gasteiger partial charge in [-0.25, -0.2) is 0 Å². The number of rotatable bonds is 0. The van der Waals surface area contributed by atoms with Gasteiger partial charge in [-0.1, -0.05) is 0 Å². The molecule has 0 aliphatic heterocycles. The summed E-state index contributed by atoms with van der Waals surface area (Å²) in [5.41, 5.74) is 18.0. The van der Waals surface area contributed by atoms with Crippen LogP contribution < -0.4 is 0 Å². The molecule has 0 spiro atoms. The van der Waals surface area contributed by atoms with Crippen LogP contribution in [0.2, 0.25) is 0 Å². The summed E-state index contributed by atoms with van der Waals surface area (Å²) in [4.78, 5) is 4.73. The molecule has 0 saturated heterocycles.